The van der Waals surface area contributed by atoms with E-state index in [0.29, 0.717) is 12.8 Å². The molecular weight excluding hydrogens is 250 g/mol. The average molecular weight is 267 g/mol. The standard InChI is InChI=1S/C12H17N3O4/c1-11(2,7(13)16)6-15-9(18)12(4-3-5-12)8(17)14-10(15)19/h3-6H2,1-2H3,(H2,13,16)(H,14,17,19). The molecule has 0 aromatic heterocycles. The molecule has 5 amide bonds. The molecule has 19 heavy (non-hydrogen) atoms. The van der Waals surface area contributed by atoms with Crippen LogP contribution in [0.5, 0.6) is 0 Å². The van der Waals surface area contributed by atoms with Crippen molar-refractivity contribution in [2.45, 2.75) is 33.1 Å². The maximum atomic E-state index is 12.3. The number of carbonyl (C=O) groups excluding carboxylic acids is 4. The van der Waals surface area contributed by atoms with Crippen LogP contribution in [0.3, 0.4) is 0 Å². The fraction of sp³-hybridized carbons (Fsp3) is 0.667. The molecule has 2 fully saturated rings. The molecule has 2 aliphatic rings. The van der Waals surface area contributed by atoms with Crippen molar-refractivity contribution in [2.24, 2.45) is 16.6 Å². The summed E-state index contributed by atoms with van der Waals surface area (Å²) >= 11 is 0. The van der Waals surface area contributed by atoms with Crippen LogP contribution in [0.1, 0.15) is 33.1 Å². The third-order valence-electron chi connectivity index (χ3n) is 3.98. The van der Waals surface area contributed by atoms with Crippen molar-refractivity contribution in [1.29, 1.82) is 0 Å². The van der Waals surface area contributed by atoms with Crippen LogP contribution < -0.4 is 11.1 Å². The van der Waals surface area contributed by atoms with Gasteiger partial charge in [0.1, 0.15) is 5.41 Å². The minimum atomic E-state index is -1.11. The Balaban J connectivity index is 2.25. The second kappa shape index (κ2) is 4.04. The van der Waals surface area contributed by atoms with Crippen molar-refractivity contribution in [3.63, 3.8) is 0 Å². The number of nitrogens with two attached hydrogens (primary N) is 1. The molecule has 7 heteroatoms. The van der Waals surface area contributed by atoms with Gasteiger partial charge in [0.15, 0.2) is 0 Å². The number of carbonyl (C=O) groups is 4. The Morgan fingerprint density at radius 3 is 2.37 bits per heavy atom. The summed E-state index contributed by atoms with van der Waals surface area (Å²) in [4.78, 5) is 48.1. The Morgan fingerprint density at radius 1 is 1.37 bits per heavy atom. The second-order valence-electron chi connectivity index (χ2n) is 5.83. The first-order valence-electron chi connectivity index (χ1n) is 6.18. The molecule has 0 atom stereocenters. The van der Waals surface area contributed by atoms with Gasteiger partial charge in [0.05, 0.1) is 5.41 Å². The zero-order valence-corrected chi connectivity index (χ0v) is 11.0. The zero-order valence-electron chi connectivity index (χ0n) is 11.0. The first kappa shape index (κ1) is 13.5. The number of nitrogens with zero attached hydrogens (tertiary/aromatic N) is 1. The van der Waals surface area contributed by atoms with E-state index in [4.69, 9.17) is 5.73 Å². The summed E-state index contributed by atoms with van der Waals surface area (Å²) in [5.41, 5.74) is 3.11. The number of barbiturate groups is 1. The van der Waals surface area contributed by atoms with E-state index in [9.17, 15) is 19.2 Å². The lowest BCUT2D eigenvalue weighted by Crippen LogP contribution is -2.67. The fourth-order valence-corrected chi connectivity index (χ4v) is 2.32. The van der Waals surface area contributed by atoms with E-state index in [2.05, 4.69) is 5.32 Å². The summed E-state index contributed by atoms with van der Waals surface area (Å²) in [6, 6.07) is -0.776. The van der Waals surface area contributed by atoms with E-state index in [0.717, 1.165) is 11.3 Å². The van der Waals surface area contributed by atoms with E-state index >= 15 is 0 Å². The average Bonchev–Trinajstić information content (AvgIpc) is 2.22. The number of primary amides is 1. The molecule has 2 rings (SSSR count). The highest BCUT2D eigenvalue weighted by Crippen LogP contribution is 2.44. The monoisotopic (exact) mass is 267 g/mol. The van der Waals surface area contributed by atoms with Gasteiger partial charge in [-0.1, -0.05) is 6.42 Å². The summed E-state index contributed by atoms with van der Waals surface area (Å²) < 4.78 is 0. The quantitative estimate of drug-likeness (QED) is 0.687. The van der Waals surface area contributed by atoms with Crippen LogP contribution in [0.15, 0.2) is 0 Å². The smallest absolute Gasteiger partial charge is 0.330 e. The summed E-state index contributed by atoms with van der Waals surface area (Å²) in [6.07, 6.45) is 1.66. The molecule has 1 saturated carbocycles. The van der Waals surface area contributed by atoms with Crippen molar-refractivity contribution < 1.29 is 19.2 Å². The molecule has 0 bridgehead atoms. The number of hydrogen-bond acceptors (Lipinski definition) is 4. The molecule has 0 aromatic carbocycles. The Morgan fingerprint density at radius 2 is 1.95 bits per heavy atom. The molecule has 3 N–H and O–H groups in total. The van der Waals surface area contributed by atoms with E-state index < -0.39 is 34.6 Å². The highest BCUT2D eigenvalue weighted by Gasteiger charge is 2.57. The predicted octanol–water partition coefficient (Wildman–Crippen LogP) is -0.253. The van der Waals surface area contributed by atoms with Crippen LogP contribution in [0, 0.1) is 10.8 Å². The van der Waals surface area contributed by atoms with E-state index in [-0.39, 0.29) is 6.54 Å². The molecule has 1 aliphatic carbocycles. The molecule has 1 spiro atoms. The van der Waals surface area contributed by atoms with Gasteiger partial charge in [-0.2, -0.15) is 0 Å². The number of amides is 5. The lowest BCUT2D eigenvalue weighted by molar-refractivity contribution is -0.158. The normalized spacial score (nSPS) is 22.2. The topological polar surface area (TPSA) is 110 Å². The molecule has 104 valence electrons. The summed E-state index contributed by atoms with van der Waals surface area (Å²) in [5, 5.41) is 2.19. The largest absolute Gasteiger partial charge is 0.369 e. The summed E-state index contributed by atoms with van der Waals surface area (Å²) in [6.45, 7) is 2.99. The molecule has 1 heterocycles. The number of nitrogens with one attached hydrogen (secondary N) is 1. The fourth-order valence-electron chi connectivity index (χ4n) is 2.32. The van der Waals surface area contributed by atoms with Crippen LogP contribution in [0.4, 0.5) is 4.79 Å². The third-order valence-corrected chi connectivity index (χ3v) is 3.98. The minimum Gasteiger partial charge on any atom is -0.369 e. The zero-order chi connectivity index (χ0) is 14.4. The van der Waals surface area contributed by atoms with E-state index in [1.54, 1.807) is 13.8 Å². The molecule has 7 nitrogen and oxygen atoms in total. The minimum absolute atomic E-state index is 0.123. The van der Waals surface area contributed by atoms with Crippen molar-refractivity contribution in [2.75, 3.05) is 6.54 Å². The Bertz CT molecular complexity index is 479. The van der Waals surface area contributed by atoms with Crippen LogP contribution in [0.2, 0.25) is 0 Å². The van der Waals surface area contributed by atoms with Gasteiger partial charge in [0, 0.05) is 6.54 Å². The number of imide groups is 2. The van der Waals surface area contributed by atoms with Crippen molar-refractivity contribution in [3.8, 4) is 0 Å². The molecule has 0 radical (unpaired) electrons. The summed E-state index contributed by atoms with van der Waals surface area (Å²) in [5.74, 6) is -1.64. The summed E-state index contributed by atoms with van der Waals surface area (Å²) in [7, 11) is 0. The highest BCUT2D eigenvalue weighted by molar-refractivity contribution is 6.19. The Labute approximate surface area is 110 Å². The van der Waals surface area contributed by atoms with Crippen molar-refractivity contribution in [1.82, 2.24) is 10.2 Å². The molecule has 1 aliphatic heterocycles. The van der Waals surface area contributed by atoms with Crippen molar-refractivity contribution in [3.05, 3.63) is 0 Å². The molecular formula is C12H17N3O4. The third kappa shape index (κ3) is 1.89. The van der Waals surface area contributed by atoms with Gasteiger partial charge in [-0.3, -0.25) is 24.6 Å². The predicted molar refractivity (Wildman–Crippen MR) is 64.5 cm³/mol. The van der Waals surface area contributed by atoms with Gasteiger partial charge in [0.25, 0.3) is 0 Å². The van der Waals surface area contributed by atoms with Crippen molar-refractivity contribution >= 4 is 23.8 Å². The second-order valence-corrected chi connectivity index (χ2v) is 5.83. The van der Waals surface area contributed by atoms with Gasteiger partial charge in [-0.15, -0.1) is 0 Å². The molecule has 0 aromatic rings. The molecule has 0 unspecified atom stereocenters. The maximum absolute atomic E-state index is 12.3. The Kier molecular flexibility index (Phi) is 2.87. The van der Waals surface area contributed by atoms with Gasteiger partial charge in [-0.05, 0) is 26.7 Å². The van der Waals surface area contributed by atoms with Crippen LogP contribution in [-0.2, 0) is 14.4 Å². The van der Waals surface area contributed by atoms with Crippen LogP contribution in [-0.4, -0.2) is 35.2 Å². The lowest BCUT2D eigenvalue weighted by atomic mass is 9.66. The van der Waals surface area contributed by atoms with E-state index in [1.165, 1.54) is 0 Å². The van der Waals surface area contributed by atoms with E-state index in [1.807, 2.05) is 0 Å². The number of urea groups is 1. The van der Waals surface area contributed by atoms with Gasteiger partial charge < -0.3 is 5.73 Å². The SMILES string of the molecule is CC(C)(CN1C(=O)NC(=O)C2(CCC2)C1=O)C(N)=O. The first-order valence-corrected chi connectivity index (χ1v) is 6.18. The maximum Gasteiger partial charge on any atom is 0.330 e. The van der Waals surface area contributed by atoms with Crippen LogP contribution in [0.25, 0.3) is 0 Å². The van der Waals surface area contributed by atoms with Crippen LogP contribution >= 0.6 is 0 Å². The number of rotatable bonds is 3. The Hall–Kier alpha value is -1.92. The van der Waals surface area contributed by atoms with Gasteiger partial charge >= 0.3 is 6.03 Å². The highest BCUT2D eigenvalue weighted by atomic mass is 16.2. The molecule has 1 saturated heterocycles. The number of hydrogen-bond donors (Lipinski definition) is 2. The lowest BCUT2D eigenvalue weighted by Gasteiger charge is -2.45. The van der Waals surface area contributed by atoms with Gasteiger partial charge in [0.2, 0.25) is 17.7 Å². The first-order chi connectivity index (χ1) is 8.70. The van der Waals surface area contributed by atoms with Gasteiger partial charge in [-0.25, -0.2) is 4.79 Å².